The summed E-state index contributed by atoms with van der Waals surface area (Å²) < 4.78 is 33.1. The molecular weight excluding hydrogens is 494 g/mol. The number of rotatable bonds is 7. The molecule has 1 N–H and O–H groups in total. The van der Waals surface area contributed by atoms with Crippen LogP contribution in [0.25, 0.3) is 6.08 Å². The quantitative estimate of drug-likeness (QED) is 0.518. The van der Waals surface area contributed by atoms with Crippen LogP contribution in [0.1, 0.15) is 18.9 Å². The third-order valence-electron chi connectivity index (χ3n) is 4.10. The average Bonchev–Trinajstić information content (AvgIpc) is 2.97. The molecule has 6 nitrogen and oxygen atoms in total. The second-order valence-corrected chi connectivity index (χ2v) is 8.38. The van der Waals surface area contributed by atoms with E-state index >= 15 is 0 Å². The van der Waals surface area contributed by atoms with Gasteiger partial charge in [0.1, 0.15) is 23.9 Å². The van der Waals surface area contributed by atoms with E-state index in [2.05, 4.69) is 21.2 Å². The molecule has 0 unspecified atom stereocenters. The minimum absolute atomic E-state index is 0.130. The Morgan fingerprint density at radius 3 is 2.71 bits per heavy atom. The van der Waals surface area contributed by atoms with Crippen molar-refractivity contribution in [1.29, 1.82) is 0 Å². The maximum Gasteiger partial charge on any atom is 0.294 e. The van der Waals surface area contributed by atoms with Crippen LogP contribution in [0, 0.1) is 11.6 Å². The minimum atomic E-state index is -0.961. The zero-order valence-electron chi connectivity index (χ0n) is 16.3. The highest BCUT2D eigenvalue weighted by atomic mass is 79.9. The van der Waals surface area contributed by atoms with E-state index in [1.165, 1.54) is 6.08 Å². The van der Waals surface area contributed by atoms with Crippen molar-refractivity contribution in [3.63, 3.8) is 0 Å². The van der Waals surface area contributed by atoms with E-state index in [0.29, 0.717) is 35.7 Å². The predicted molar refractivity (Wildman–Crippen MR) is 118 cm³/mol. The van der Waals surface area contributed by atoms with E-state index in [-0.39, 0.29) is 10.6 Å². The van der Waals surface area contributed by atoms with Crippen molar-refractivity contribution in [3.05, 3.63) is 63.0 Å². The molecular formula is C21H17BrF2N2O4S. The third-order valence-corrected chi connectivity index (χ3v) is 5.50. The van der Waals surface area contributed by atoms with E-state index in [1.54, 1.807) is 18.2 Å². The first-order valence-corrected chi connectivity index (χ1v) is 10.8. The Hall–Kier alpha value is -2.72. The highest BCUT2D eigenvalue weighted by Gasteiger charge is 2.36. The molecule has 1 fully saturated rings. The van der Waals surface area contributed by atoms with Crippen molar-refractivity contribution in [3.8, 4) is 5.75 Å². The first kappa shape index (κ1) is 23.0. The number of hydrogen-bond donors (Lipinski definition) is 1. The monoisotopic (exact) mass is 510 g/mol. The van der Waals surface area contributed by atoms with E-state index in [0.717, 1.165) is 27.9 Å². The lowest BCUT2D eigenvalue weighted by Crippen LogP contribution is -2.36. The van der Waals surface area contributed by atoms with Gasteiger partial charge in [-0.3, -0.25) is 19.3 Å². The number of carbonyl (C=O) groups is 3. The summed E-state index contributed by atoms with van der Waals surface area (Å²) in [4.78, 5) is 38.1. The first-order valence-electron chi connectivity index (χ1n) is 9.21. The highest BCUT2D eigenvalue weighted by Crippen LogP contribution is 2.35. The number of thioether (sulfide) groups is 1. The van der Waals surface area contributed by atoms with Crippen molar-refractivity contribution < 1.29 is 27.9 Å². The first-order chi connectivity index (χ1) is 14.8. The Morgan fingerprint density at radius 2 is 2.00 bits per heavy atom. The fourth-order valence-electron chi connectivity index (χ4n) is 2.68. The van der Waals surface area contributed by atoms with Crippen LogP contribution in [0.4, 0.5) is 19.3 Å². The average molecular weight is 511 g/mol. The van der Waals surface area contributed by atoms with Crippen LogP contribution in [-0.4, -0.2) is 35.1 Å². The molecule has 3 rings (SSSR count). The van der Waals surface area contributed by atoms with Crippen LogP contribution in [0.3, 0.4) is 0 Å². The van der Waals surface area contributed by atoms with Gasteiger partial charge in [-0.05, 0) is 54.6 Å². The Labute approximate surface area is 189 Å². The lowest BCUT2D eigenvalue weighted by molar-refractivity contribution is -0.127. The lowest BCUT2D eigenvalue weighted by Gasteiger charge is -2.13. The van der Waals surface area contributed by atoms with Gasteiger partial charge in [0.15, 0.2) is 0 Å². The van der Waals surface area contributed by atoms with E-state index in [4.69, 9.17) is 4.74 Å². The minimum Gasteiger partial charge on any atom is -0.493 e. The fraction of sp³-hybridized carbons (Fsp3) is 0.190. The molecule has 0 spiro atoms. The van der Waals surface area contributed by atoms with Gasteiger partial charge in [0, 0.05) is 16.1 Å². The normalized spacial score (nSPS) is 15.0. The van der Waals surface area contributed by atoms with Crippen LogP contribution in [0.5, 0.6) is 5.75 Å². The van der Waals surface area contributed by atoms with E-state index in [9.17, 15) is 23.2 Å². The molecule has 1 saturated heterocycles. The maximum absolute atomic E-state index is 13.7. The van der Waals surface area contributed by atoms with Crippen molar-refractivity contribution in [1.82, 2.24) is 4.90 Å². The van der Waals surface area contributed by atoms with Gasteiger partial charge in [-0.1, -0.05) is 22.9 Å². The Balaban J connectivity index is 1.75. The molecule has 1 aliphatic rings. The van der Waals surface area contributed by atoms with E-state index in [1.807, 2.05) is 6.92 Å². The SMILES string of the molecule is CCCOc1ccc(Br)cc1/C=C1/SC(=O)N(CC(=O)Nc2ccc(F)cc2F)C1=O. The topological polar surface area (TPSA) is 75.7 Å². The van der Waals surface area contributed by atoms with Gasteiger partial charge in [0.25, 0.3) is 11.1 Å². The van der Waals surface area contributed by atoms with Crippen molar-refractivity contribution in [2.75, 3.05) is 18.5 Å². The van der Waals surface area contributed by atoms with Crippen molar-refractivity contribution in [2.45, 2.75) is 13.3 Å². The van der Waals surface area contributed by atoms with Crippen LogP contribution in [0.15, 0.2) is 45.8 Å². The summed E-state index contributed by atoms with van der Waals surface area (Å²) in [7, 11) is 0. The second-order valence-electron chi connectivity index (χ2n) is 6.47. The summed E-state index contributed by atoms with van der Waals surface area (Å²) in [5.74, 6) is -2.63. The summed E-state index contributed by atoms with van der Waals surface area (Å²) in [5, 5.41) is 1.60. The standard InChI is InChI=1S/C21H17BrF2N2O4S/c1-2-7-30-17-6-3-13(22)8-12(17)9-18-20(28)26(21(29)31-18)11-19(27)25-16-5-4-14(23)10-15(16)24/h3-6,8-10H,2,7,11H2,1H3,(H,25,27)/b18-9+. The van der Waals surface area contributed by atoms with Crippen LogP contribution >= 0.6 is 27.7 Å². The number of carbonyl (C=O) groups excluding carboxylic acids is 3. The summed E-state index contributed by atoms with van der Waals surface area (Å²) in [6, 6.07) is 7.96. The summed E-state index contributed by atoms with van der Waals surface area (Å²) in [5.41, 5.74) is 0.354. The van der Waals surface area contributed by atoms with Gasteiger partial charge < -0.3 is 10.1 Å². The van der Waals surface area contributed by atoms with Gasteiger partial charge in [0.05, 0.1) is 17.2 Å². The number of anilines is 1. The number of ether oxygens (including phenoxy) is 1. The lowest BCUT2D eigenvalue weighted by atomic mass is 10.2. The molecule has 31 heavy (non-hydrogen) atoms. The number of amides is 3. The number of halogens is 3. The Morgan fingerprint density at radius 1 is 1.23 bits per heavy atom. The van der Waals surface area contributed by atoms with Gasteiger partial charge in [-0.15, -0.1) is 0 Å². The Bertz CT molecular complexity index is 1080. The molecule has 0 saturated carbocycles. The van der Waals surface area contributed by atoms with Gasteiger partial charge in [-0.2, -0.15) is 0 Å². The van der Waals surface area contributed by atoms with Gasteiger partial charge in [0.2, 0.25) is 5.91 Å². The summed E-state index contributed by atoms with van der Waals surface area (Å²) in [6.45, 7) is 1.85. The Kier molecular flexibility index (Phi) is 7.45. The number of nitrogens with zero attached hydrogens (tertiary/aromatic N) is 1. The number of imide groups is 1. The number of hydrogen-bond acceptors (Lipinski definition) is 5. The molecule has 0 radical (unpaired) electrons. The number of benzene rings is 2. The van der Waals surface area contributed by atoms with Crippen LogP contribution < -0.4 is 10.1 Å². The zero-order valence-corrected chi connectivity index (χ0v) is 18.7. The van der Waals surface area contributed by atoms with Crippen LogP contribution in [-0.2, 0) is 9.59 Å². The molecule has 2 aromatic rings. The fourth-order valence-corrected chi connectivity index (χ4v) is 3.89. The third kappa shape index (κ3) is 5.71. The molecule has 0 bridgehead atoms. The largest absolute Gasteiger partial charge is 0.493 e. The molecule has 0 aromatic heterocycles. The van der Waals surface area contributed by atoms with Crippen molar-refractivity contribution >= 4 is 56.5 Å². The molecule has 0 atom stereocenters. The number of nitrogens with one attached hydrogen (secondary N) is 1. The molecule has 0 aliphatic carbocycles. The molecule has 3 amide bonds. The smallest absolute Gasteiger partial charge is 0.294 e. The van der Waals surface area contributed by atoms with Gasteiger partial charge in [-0.25, -0.2) is 8.78 Å². The van der Waals surface area contributed by atoms with Gasteiger partial charge >= 0.3 is 0 Å². The summed E-state index contributed by atoms with van der Waals surface area (Å²) >= 11 is 4.06. The highest BCUT2D eigenvalue weighted by molar-refractivity contribution is 9.10. The predicted octanol–water partition coefficient (Wildman–Crippen LogP) is 5.19. The molecule has 1 aliphatic heterocycles. The molecule has 1 heterocycles. The maximum atomic E-state index is 13.7. The zero-order chi connectivity index (χ0) is 22.5. The molecule has 162 valence electrons. The summed E-state index contributed by atoms with van der Waals surface area (Å²) in [6.07, 6.45) is 2.33. The van der Waals surface area contributed by atoms with E-state index < -0.39 is 35.2 Å². The molecule has 2 aromatic carbocycles. The second kappa shape index (κ2) is 10.1. The van der Waals surface area contributed by atoms with Crippen LogP contribution in [0.2, 0.25) is 0 Å². The van der Waals surface area contributed by atoms with Crippen molar-refractivity contribution in [2.24, 2.45) is 0 Å². The molecule has 10 heteroatoms.